The molecule has 2 aromatic carbocycles. The third kappa shape index (κ3) is 10.2. The lowest BCUT2D eigenvalue weighted by Gasteiger charge is -2.36. The number of nitrogens with one attached hydrogen (secondary N) is 4. The monoisotopic (exact) mass is 794 g/mol. The van der Waals surface area contributed by atoms with E-state index in [4.69, 9.17) is 9.72 Å². The van der Waals surface area contributed by atoms with Gasteiger partial charge in [0.15, 0.2) is 0 Å². The Kier molecular flexibility index (Phi) is 13.7. The van der Waals surface area contributed by atoms with Gasteiger partial charge in [-0.2, -0.15) is 0 Å². The normalized spacial score (nSPS) is 13.2. The van der Waals surface area contributed by atoms with Crippen LogP contribution in [0.3, 0.4) is 0 Å². The summed E-state index contributed by atoms with van der Waals surface area (Å²) in [5.74, 6) is 1.40. The van der Waals surface area contributed by atoms with E-state index in [-0.39, 0.29) is 24.9 Å². The summed E-state index contributed by atoms with van der Waals surface area (Å²) in [6.07, 6.45) is 5.37. The number of ether oxygens (including phenoxy) is 2. The van der Waals surface area contributed by atoms with Gasteiger partial charge in [-0.15, -0.1) is 0 Å². The van der Waals surface area contributed by atoms with Crippen LogP contribution in [0.15, 0.2) is 67.1 Å². The third-order valence-corrected chi connectivity index (χ3v) is 9.75. The van der Waals surface area contributed by atoms with Crippen molar-refractivity contribution in [2.24, 2.45) is 0 Å². The first-order valence-corrected chi connectivity index (χ1v) is 19.3. The van der Waals surface area contributed by atoms with E-state index in [2.05, 4.69) is 62.2 Å². The Morgan fingerprint density at radius 3 is 2.16 bits per heavy atom. The summed E-state index contributed by atoms with van der Waals surface area (Å²) < 4.78 is 9.38. The highest BCUT2D eigenvalue weighted by Crippen LogP contribution is 2.25. The molecule has 58 heavy (non-hydrogen) atoms. The highest BCUT2D eigenvalue weighted by atomic mass is 16.5. The predicted octanol–water partition coefficient (Wildman–Crippen LogP) is 4.00. The molecule has 306 valence electrons. The van der Waals surface area contributed by atoms with Crippen molar-refractivity contribution in [3.05, 3.63) is 84.3 Å². The number of methoxy groups -OCH3 is 2. The Morgan fingerprint density at radius 2 is 1.47 bits per heavy atom. The molecule has 0 spiro atoms. The molecule has 6 rings (SSSR count). The minimum absolute atomic E-state index is 0.150. The lowest BCUT2D eigenvalue weighted by Crippen LogP contribution is -2.47. The first-order chi connectivity index (χ1) is 28.2. The molecule has 4 heterocycles. The van der Waals surface area contributed by atoms with Crippen molar-refractivity contribution in [1.29, 1.82) is 0 Å². The topological polar surface area (TPSA) is 207 Å². The number of aromatic nitrogens is 6. The van der Waals surface area contributed by atoms with Crippen molar-refractivity contribution in [1.82, 2.24) is 50.3 Å². The minimum atomic E-state index is -0.914. The molecule has 1 atom stereocenters. The Morgan fingerprint density at radius 1 is 0.793 bits per heavy atom. The maximum Gasteiger partial charge on any atom is 0.407 e. The van der Waals surface area contributed by atoms with Crippen molar-refractivity contribution in [3.8, 4) is 11.3 Å². The molecule has 0 saturated carbocycles. The first-order valence-electron chi connectivity index (χ1n) is 19.3. The number of anilines is 2. The van der Waals surface area contributed by atoms with Gasteiger partial charge >= 0.3 is 12.2 Å². The van der Waals surface area contributed by atoms with Gasteiger partial charge in [-0.1, -0.05) is 44.2 Å². The van der Waals surface area contributed by atoms with Crippen LogP contribution in [0.2, 0.25) is 0 Å². The fourth-order valence-corrected chi connectivity index (χ4v) is 6.78. The molecule has 3 aromatic heterocycles. The maximum atomic E-state index is 13.8. The summed E-state index contributed by atoms with van der Waals surface area (Å²) in [7, 11) is 2.52. The molecular formula is C40H50N12O6. The van der Waals surface area contributed by atoms with Gasteiger partial charge in [-0.3, -0.25) is 9.59 Å². The number of piperazine rings is 1. The van der Waals surface area contributed by atoms with E-state index < -0.39 is 18.2 Å². The highest BCUT2D eigenvalue weighted by molar-refractivity contribution is 5.87. The molecule has 1 aliphatic rings. The lowest BCUT2D eigenvalue weighted by atomic mass is 10.1. The summed E-state index contributed by atoms with van der Waals surface area (Å²) in [5, 5.41) is 5.12. The van der Waals surface area contributed by atoms with Gasteiger partial charge in [0.25, 0.3) is 0 Å². The number of nitrogens with zero attached hydrogens (tertiary/aromatic N) is 8. The third-order valence-electron chi connectivity index (χ3n) is 9.75. The number of H-pyrrole nitrogens is 2. The van der Waals surface area contributed by atoms with E-state index in [1.807, 2.05) is 38.1 Å². The Balaban J connectivity index is 1.04. The van der Waals surface area contributed by atoms with Gasteiger partial charge in [-0.25, -0.2) is 29.5 Å². The molecule has 1 saturated heterocycles. The van der Waals surface area contributed by atoms with E-state index in [0.29, 0.717) is 49.2 Å². The number of alkyl carbamates (subject to hydrolysis) is 2. The molecule has 18 heteroatoms. The fraction of sp³-hybridized carbons (Fsp3) is 0.400. The molecule has 4 amide bonds. The van der Waals surface area contributed by atoms with Crippen LogP contribution >= 0.6 is 0 Å². The van der Waals surface area contributed by atoms with Crippen LogP contribution in [0.25, 0.3) is 22.3 Å². The molecule has 1 fully saturated rings. The summed E-state index contributed by atoms with van der Waals surface area (Å²) in [5.41, 5.74) is 4.88. The summed E-state index contributed by atoms with van der Waals surface area (Å²) in [4.78, 5) is 83.2. The first kappa shape index (κ1) is 40.9. The smallest absolute Gasteiger partial charge is 0.407 e. The van der Waals surface area contributed by atoms with Crippen molar-refractivity contribution in [3.63, 3.8) is 0 Å². The number of amides is 4. The number of benzene rings is 2. The van der Waals surface area contributed by atoms with Crippen LogP contribution in [-0.2, 0) is 32.2 Å². The quantitative estimate of drug-likeness (QED) is 0.112. The number of aromatic amines is 2. The molecular weight excluding hydrogens is 745 g/mol. The Hall–Kier alpha value is -6.72. The number of fused-ring (bicyclic) bond motifs is 1. The minimum Gasteiger partial charge on any atom is -0.453 e. The standard InChI is InChI=1S/C40H50N12O6/c1-5-14-51(35(53)24-44-39(55)57-3)26-34-45-30-13-12-29(20-31(30)46-34)49-16-18-50(19-17-49)38-42-21-28(22-43-38)32-23-41-33(47-32)25-52(15-6-2)37(54)36(48-40(56)58-4)27-10-8-7-9-11-27/h7-13,20-23,36H,5-6,14-19,24-26H2,1-4H3,(H,41,47)(H,44,55)(H,45,46)(H,48,56)/t36-/m1/s1. The summed E-state index contributed by atoms with van der Waals surface area (Å²) >= 11 is 0. The molecule has 18 nitrogen and oxygen atoms in total. The lowest BCUT2D eigenvalue weighted by molar-refractivity contribution is -0.134. The SMILES string of the molecule is CCCN(Cc1nc2ccc(N3CCN(c4ncc(-c5cnc(CN(CCC)C(=O)[C@H](NC(=O)OC)c6ccccc6)[nH]5)cn4)CC3)cc2[nH]1)C(=O)CNC(=O)OC. The Labute approximate surface area is 336 Å². The second kappa shape index (κ2) is 19.4. The van der Waals surface area contributed by atoms with Crippen molar-refractivity contribution >= 4 is 46.7 Å². The van der Waals surface area contributed by atoms with Crippen LogP contribution < -0.4 is 20.4 Å². The van der Waals surface area contributed by atoms with Gasteiger partial charge in [-0.05, 0) is 36.6 Å². The number of hydrogen-bond acceptors (Lipinski definition) is 12. The highest BCUT2D eigenvalue weighted by Gasteiger charge is 2.28. The van der Waals surface area contributed by atoms with Gasteiger partial charge < -0.3 is 49.7 Å². The van der Waals surface area contributed by atoms with Crippen molar-refractivity contribution in [2.45, 2.75) is 45.8 Å². The van der Waals surface area contributed by atoms with E-state index in [1.54, 1.807) is 40.5 Å². The molecule has 4 N–H and O–H groups in total. The summed E-state index contributed by atoms with van der Waals surface area (Å²) in [6, 6.07) is 14.3. The van der Waals surface area contributed by atoms with E-state index in [9.17, 15) is 19.2 Å². The van der Waals surface area contributed by atoms with E-state index in [0.717, 1.165) is 60.6 Å². The van der Waals surface area contributed by atoms with Crippen LogP contribution in [0.1, 0.15) is 49.9 Å². The van der Waals surface area contributed by atoms with Crippen LogP contribution in [0, 0.1) is 0 Å². The molecule has 5 aromatic rings. The van der Waals surface area contributed by atoms with Crippen LogP contribution in [-0.4, -0.2) is 124 Å². The molecule has 0 bridgehead atoms. The van der Waals surface area contributed by atoms with Crippen LogP contribution in [0.4, 0.5) is 21.2 Å². The van der Waals surface area contributed by atoms with Gasteiger partial charge in [0.05, 0.1) is 50.2 Å². The second-order valence-electron chi connectivity index (χ2n) is 13.8. The maximum absolute atomic E-state index is 13.8. The van der Waals surface area contributed by atoms with E-state index >= 15 is 0 Å². The molecule has 0 radical (unpaired) electrons. The molecule has 0 unspecified atom stereocenters. The second-order valence-corrected chi connectivity index (χ2v) is 13.8. The zero-order chi connectivity index (χ0) is 41.0. The number of rotatable bonds is 16. The zero-order valence-electron chi connectivity index (χ0n) is 33.2. The van der Waals surface area contributed by atoms with Gasteiger partial charge in [0.2, 0.25) is 17.8 Å². The molecule has 1 aliphatic heterocycles. The average molecular weight is 795 g/mol. The van der Waals surface area contributed by atoms with Crippen LogP contribution in [0.5, 0.6) is 0 Å². The number of hydrogen-bond donors (Lipinski definition) is 4. The number of carbonyl (C=O) groups excluding carboxylic acids is 4. The van der Waals surface area contributed by atoms with Gasteiger partial charge in [0, 0.05) is 62.9 Å². The molecule has 0 aliphatic carbocycles. The van der Waals surface area contributed by atoms with Crippen molar-refractivity contribution < 1.29 is 28.7 Å². The predicted molar refractivity (Wildman–Crippen MR) is 217 cm³/mol. The summed E-state index contributed by atoms with van der Waals surface area (Å²) in [6.45, 7) is 8.31. The van der Waals surface area contributed by atoms with E-state index in [1.165, 1.54) is 14.2 Å². The zero-order valence-corrected chi connectivity index (χ0v) is 33.2. The number of imidazole rings is 2. The van der Waals surface area contributed by atoms with Gasteiger partial charge in [0.1, 0.15) is 24.2 Å². The largest absolute Gasteiger partial charge is 0.453 e. The Bertz CT molecular complexity index is 2150. The fourth-order valence-electron chi connectivity index (χ4n) is 6.78. The average Bonchev–Trinajstić information content (AvgIpc) is 3.90. The number of carbonyl (C=O) groups is 4. The van der Waals surface area contributed by atoms with Crippen molar-refractivity contribution in [2.75, 3.05) is 69.8 Å².